The van der Waals surface area contributed by atoms with E-state index < -0.39 is 18.0 Å². The molecule has 0 aliphatic carbocycles. The van der Waals surface area contributed by atoms with Crippen LogP contribution in [0.3, 0.4) is 0 Å². The van der Waals surface area contributed by atoms with Crippen LogP contribution in [0.25, 0.3) is 0 Å². The highest BCUT2D eigenvalue weighted by atomic mass is 16.5. The lowest BCUT2D eigenvalue weighted by atomic mass is 10.2. The van der Waals surface area contributed by atoms with Crippen molar-refractivity contribution in [1.82, 2.24) is 20.8 Å². The van der Waals surface area contributed by atoms with Crippen LogP contribution in [0.5, 0.6) is 0 Å². The van der Waals surface area contributed by atoms with Crippen molar-refractivity contribution in [3.63, 3.8) is 0 Å². The lowest BCUT2D eigenvalue weighted by Crippen LogP contribution is -2.45. The number of aromatic nitrogens is 2. The summed E-state index contributed by atoms with van der Waals surface area (Å²) in [6.45, 7) is 3.57. The van der Waals surface area contributed by atoms with Gasteiger partial charge in [-0.15, -0.1) is 0 Å². The molecule has 1 aromatic heterocycles. The Morgan fingerprint density at radius 1 is 1.50 bits per heavy atom. The van der Waals surface area contributed by atoms with Gasteiger partial charge in [0.25, 0.3) is 0 Å². The molecule has 1 rings (SSSR count). The van der Waals surface area contributed by atoms with Crippen molar-refractivity contribution in [3.8, 4) is 0 Å². The van der Waals surface area contributed by atoms with E-state index >= 15 is 0 Å². The summed E-state index contributed by atoms with van der Waals surface area (Å²) in [5.74, 6) is -0.313. The van der Waals surface area contributed by atoms with Crippen molar-refractivity contribution in [2.45, 2.75) is 39.3 Å². The first-order valence-electron chi connectivity index (χ1n) is 5.59. The van der Waals surface area contributed by atoms with Crippen LogP contribution in [0, 0.1) is 6.92 Å². The Hall–Kier alpha value is -2.12. The van der Waals surface area contributed by atoms with Gasteiger partial charge in [0.15, 0.2) is 5.82 Å². The summed E-state index contributed by atoms with van der Waals surface area (Å²) < 4.78 is 4.79. The van der Waals surface area contributed by atoms with E-state index in [2.05, 4.69) is 20.8 Å². The number of aryl methyl sites for hydroxylation is 1. The van der Waals surface area contributed by atoms with Crippen LogP contribution < -0.4 is 10.6 Å². The minimum atomic E-state index is -1.05. The van der Waals surface area contributed by atoms with Crippen molar-refractivity contribution in [3.05, 3.63) is 11.7 Å². The van der Waals surface area contributed by atoms with Crippen LogP contribution in [-0.4, -0.2) is 33.3 Å². The van der Waals surface area contributed by atoms with Crippen molar-refractivity contribution in [2.75, 3.05) is 0 Å². The topological polar surface area (TPSA) is 117 Å². The highest BCUT2D eigenvalue weighted by Crippen LogP contribution is 1.97. The average Bonchev–Trinajstić information content (AvgIpc) is 2.72. The van der Waals surface area contributed by atoms with E-state index in [1.54, 1.807) is 6.92 Å². The van der Waals surface area contributed by atoms with Gasteiger partial charge in [-0.3, -0.25) is 0 Å². The zero-order valence-electron chi connectivity index (χ0n) is 10.3. The molecule has 18 heavy (non-hydrogen) atoms. The Kier molecular flexibility index (Phi) is 5.09. The first kappa shape index (κ1) is 13.9. The Morgan fingerprint density at radius 2 is 2.22 bits per heavy atom. The number of carboxylic acid groups (broad SMARTS) is 1. The Morgan fingerprint density at radius 3 is 2.72 bits per heavy atom. The lowest BCUT2D eigenvalue weighted by Gasteiger charge is -2.13. The lowest BCUT2D eigenvalue weighted by molar-refractivity contribution is -0.139. The fourth-order valence-electron chi connectivity index (χ4n) is 1.32. The third-order valence-corrected chi connectivity index (χ3v) is 2.15. The van der Waals surface area contributed by atoms with Crippen LogP contribution in [-0.2, 0) is 11.3 Å². The van der Waals surface area contributed by atoms with Gasteiger partial charge < -0.3 is 20.3 Å². The van der Waals surface area contributed by atoms with Crippen molar-refractivity contribution < 1.29 is 19.2 Å². The van der Waals surface area contributed by atoms with E-state index in [1.807, 2.05) is 6.92 Å². The highest BCUT2D eigenvalue weighted by molar-refractivity contribution is 5.82. The van der Waals surface area contributed by atoms with Gasteiger partial charge >= 0.3 is 12.0 Å². The summed E-state index contributed by atoms with van der Waals surface area (Å²) in [5.41, 5.74) is 0. The average molecular weight is 256 g/mol. The smallest absolute Gasteiger partial charge is 0.326 e. The highest BCUT2D eigenvalue weighted by Gasteiger charge is 2.18. The first-order chi connectivity index (χ1) is 8.52. The summed E-state index contributed by atoms with van der Waals surface area (Å²) in [5, 5.41) is 17.2. The number of hydrogen-bond acceptors (Lipinski definition) is 5. The fourth-order valence-corrected chi connectivity index (χ4v) is 1.32. The number of aliphatic carboxylic acids is 1. The minimum absolute atomic E-state index is 0.0607. The molecule has 2 amide bonds. The molecule has 3 N–H and O–H groups in total. The van der Waals surface area contributed by atoms with Gasteiger partial charge in [-0.2, -0.15) is 4.98 Å². The molecule has 0 aliphatic heterocycles. The van der Waals surface area contributed by atoms with Crippen LogP contribution in [0.15, 0.2) is 4.52 Å². The number of nitrogens with zero attached hydrogens (tertiary/aromatic N) is 2. The molecule has 1 atom stereocenters. The maximum atomic E-state index is 11.4. The van der Waals surface area contributed by atoms with E-state index in [4.69, 9.17) is 9.63 Å². The normalized spacial score (nSPS) is 11.9. The van der Waals surface area contributed by atoms with Gasteiger partial charge in [-0.1, -0.05) is 18.5 Å². The van der Waals surface area contributed by atoms with Gasteiger partial charge in [0.2, 0.25) is 5.89 Å². The number of carbonyl (C=O) groups is 2. The summed E-state index contributed by atoms with van der Waals surface area (Å²) in [6, 6.07) is -1.47. The molecule has 0 aromatic carbocycles. The number of urea groups is 1. The predicted molar refractivity (Wildman–Crippen MR) is 60.7 cm³/mol. The molecule has 8 heteroatoms. The van der Waals surface area contributed by atoms with Gasteiger partial charge in [-0.05, 0) is 13.3 Å². The molecule has 0 bridgehead atoms. The predicted octanol–water partition coefficient (Wildman–Crippen LogP) is 0.431. The first-order valence-corrected chi connectivity index (χ1v) is 5.59. The molecule has 1 heterocycles. The van der Waals surface area contributed by atoms with E-state index in [9.17, 15) is 9.59 Å². The van der Waals surface area contributed by atoms with Crippen molar-refractivity contribution in [2.24, 2.45) is 0 Å². The van der Waals surface area contributed by atoms with Gasteiger partial charge in [0, 0.05) is 0 Å². The van der Waals surface area contributed by atoms with E-state index in [0.717, 1.165) is 0 Å². The summed E-state index contributed by atoms with van der Waals surface area (Å²) in [6.07, 6.45) is 1.04. The second-order valence-corrected chi connectivity index (χ2v) is 3.74. The molecule has 0 saturated heterocycles. The molecule has 0 radical (unpaired) electrons. The molecular formula is C10H16N4O4. The standard InChI is InChI=1S/C10H16N4O4/c1-3-4-7(9(15)16)13-10(17)11-5-8-12-6(2)14-18-8/h7H,3-5H2,1-2H3,(H,15,16)(H2,11,13,17)/t7-/m1/s1. The maximum Gasteiger partial charge on any atom is 0.326 e. The third-order valence-electron chi connectivity index (χ3n) is 2.15. The molecule has 0 unspecified atom stereocenters. The zero-order valence-corrected chi connectivity index (χ0v) is 10.3. The summed E-state index contributed by atoms with van der Waals surface area (Å²) >= 11 is 0. The van der Waals surface area contributed by atoms with E-state index in [-0.39, 0.29) is 12.4 Å². The monoisotopic (exact) mass is 256 g/mol. The molecule has 0 fully saturated rings. The molecule has 0 aliphatic rings. The molecular weight excluding hydrogens is 240 g/mol. The van der Waals surface area contributed by atoms with Crippen molar-refractivity contribution in [1.29, 1.82) is 0 Å². The maximum absolute atomic E-state index is 11.4. The van der Waals surface area contributed by atoms with Crippen LogP contribution in [0.1, 0.15) is 31.5 Å². The molecule has 8 nitrogen and oxygen atoms in total. The van der Waals surface area contributed by atoms with Gasteiger partial charge in [-0.25, -0.2) is 9.59 Å². The van der Waals surface area contributed by atoms with Gasteiger partial charge in [0.05, 0.1) is 6.54 Å². The summed E-state index contributed by atoms with van der Waals surface area (Å²) in [4.78, 5) is 26.2. The second kappa shape index (κ2) is 6.58. The summed E-state index contributed by atoms with van der Waals surface area (Å²) in [7, 11) is 0. The molecule has 100 valence electrons. The Bertz CT molecular complexity index is 418. The molecule has 0 spiro atoms. The van der Waals surface area contributed by atoms with E-state index in [1.165, 1.54) is 0 Å². The number of hydrogen-bond donors (Lipinski definition) is 3. The largest absolute Gasteiger partial charge is 0.480 e. The number of carboxylic acids is 1. The number of amides is 2. The SMILES string of the molecule is CCC[C@@H](NC(=O)NCc1nc(C)no1)C(=O)O. The third kappa shape index (κ3) is 4.40. The minimum Gasteiger partial charge on any atom is -0.480 e. The number of nitrogens with one attached hydrogen (secondary N) is 2. The van der Waals surface area contributed by atoms with Crippen LogP contribution in [0.2, 0.25) is 0 Å². The fraction of sp³-hybridized carbons (Fsp3) is 0.600. The van der Waals surface area contributed by atoms with Gasteiger partial charge in [0.1, 0.15) is 6.04 Å². The second-order valence-electron chi connectivity index (χ2n) is 3.74. The van der Waals surface area contributed by atoms with E-state index in [0.29, 0.717) is 18.7 Å². The number of rotatable bonds is 6. The Labute approximate surface area is 104 Å². The van der Waals surface area contributed by atoms with Crippen LogP contribution >= 0.6 is 0 Å². The molecule has 0 saturated carbocycles. The Balaban J connectivity index is 2.38. The molecule has 1 aromatic rings. The van der Waals surface area contributed by atoms with Crippen molar-refractivity contribution >= 4 is 12.0 Å². The zero-order chi connectivity index (χ0) is 13.5. The quantitative estimate of drug-likeness (QED) is 0.679. The van der Waals surface area contributed by atoms with Crippen LogP contribution in [0.4, 0.5) is 4.79 Å². The number of carbonyl (C=O) groups excluding carboxylic acids is 1.